The van der Waals surface area contributed by atoms with Gasteiger partial charge >= 0.3 is 0 Å². The number of hydrogen-bond acceptors (Lipinski definition) is 4. The Kier molecular flexibility index (Phi) is 9.81. The maximum absolute atomic E-state index is 14.0. The molecular weight excluding hydrogens is 558 g/mol. The number of amides is 2. The molecule has 0 aromatic heterocycles. The van der Waals surface area contributed by atoms with Gasteiger partial charge in [0.1, 0.15) is 6.04 Å². The van der Waals surface area contributed by atoms with Gasteiger partial charge in [0.25, 0.3) is 0 Å². The number of carbonyl (C=O) groups is 2. The van der Waals surface area contributed by atoms with E-state index in [1.54, 1.807) is 36.4 Å². The van der Waals surface area contributed by atoms with Crippen molar-refractivity contribution in [3.63, 3.8) is 0 Å². The lowest BCUT2D eigenvalue weighted by Gasteiger charge is -2.33. The van der Waals surface area contributed by atoms with Crippen LogP contribution < -0.4 is 5.32 Å². The van der Waals surface area contributed by atoms with Crippen LogP contribution in [0.1, 0.15) is 25.0 Å². The Morgan fingerprint density at radius 2 is 1.49 bits per heavy atom. The van der Waals surface area contributed by atoms with Crippen LogP contribution in [-0.4, -0.2) is 55.1 Å². The van der Waals surface area contributed by atoms with Gasteiger partial charge in [-0.05, 0) is 53.9 Å². The van der Waals surface area contributed by atoms with E-state index in [0.29, 0.717) is 10.6 Å². The Bertz CT molecular complexity index is 1630. The summed E-state index contributed by atoms with van der Waals surface area (Å²) in [6.45, 7) is 3.27. The van der Waals surface area contributed by atoms with Crippen LogP contribution >= 0.6 is 11.6 Å². The van der Waals surface area contributed by atoms with E-state index in [1.807, 2.05) is 68.4 Å². The third-order valence-corrected chi connectivity index (χ3v) is 8.96. The topological polar surface area (TPSA) is 86.8 Å². The van der Waals surface area contributed by atoms with Crippen LogP contribution in [0.5, 0.6) is 0 Å². The molecule has 0 heterocycles. The van der Waals surface area contributed by atoms with E-state index in [2.05, 4.69) is 5.32 Å². The molecule has 9 heteroatoms. The summed E-state index contributed by atoms with van der Waals surface area (Å²) in [6.07, 6.45) is 0.247. The highest BCUT2D eigenvalue weighted by molar-refractivity contribution is 7.89. The Hall–Kier alpha value is -3.72. The molecule has 0 aliphatic heterocycles. The normalized spacial score (nSPS) is 12.4. The summed E-state index contributed by atoms with van der Waals surface area (Å²) in [5.74, 6) is -0.846. The molecular formula is C32H34ClN3O4S. The van der Waals surface area contributed by atoms with Gasteiger partial charge in [-0.3, -0.25) is 9.59 Å². The van der Waals surface area contributed by atoms with Crippen LogP contribution in [0.2, 0.25) is 5.02 Å². The number of nitrogens with zero attached hydrogens (tertiary/aromatic N) is 2. The van der Waals surface area contributed by atoms with E-state index in [-0.39, 0.29) is 29.8 Å². The van der Waals surface area contributed by atoms with Crippen molar-refractivity contribution in [1.29, 1.82) is 0 Å². The molecule has 1 unspecified atom stereocenters. The van der Waals surface area contributed by atoms with Crippen molar-refractivity contribution < 1.29 is 18.0 Å². The molecule has 0 aliphatic rings. The first-order chi connectivity index (χ1) is 19.6. The minimum absolute atomic E-state index is 0.0331. The largest absolute Gasteiger partial charge is 0.352 e. The molecule has 0 fully saturated rings. The van der Waals surface area contributed by atoms with Crippen molar-refractivity contribution in [2.75, 3.05) is 13.6 Å². The molecule has 0 spiro atoms. The Balaban J connectivity index is 1.68. The van der Waals surface area contributed by atoms with Crippen LogP contribution in [0.3, 0.4) is 0 Å². The summed E-state index contributed by atoms with van der Waals surface area (Å²) in [5.41, 5.74) is 1.52. The predicted molar refractivity (Wildman–Crippen MR) is 163 cm³/mol. The van der Waals surface area contributed by atoms with Crippen molar-refractivity contribution in [3.8, 4) is 0 Å². The van der Waals surface area contributed by atoms with Crippen molar-refractivity contribution in [2.45, 2.75) is 43.8 Å². The fourth-order valence-corrected chi connectivity index (χ4v) is 5.97. The van der Waals surface area contributed by atoms with Gasteiger partial charge in [0.15, 0.2) is 0 Å². The number of rotatable bonds is 11. The number of hydrogen-bond donors (Lipinski definition) is 1. The molecule has 4 rings (SSSR count). The molecule has 4 aromatic rings. The third kappa shape index (κ3) is 7.52. The van der Waals surface area contributed by atoms with Gasteiger partial charge in [0.2, 0.25) is 21.8 Å². The lowest BCUT2D eigenvalue weighted by molar-refractivity contribution is -0.141. The highest BCUT2D eigenvalue weighted by Crippen LogP contribution is 2.23. The second-order valence-electron chi connectivity index (χ2n) is 10.3. The number of sulfonamides is 1. The number of benzene rings is 4. The average Bonchev–Trinajstić information content (AvgIpc) is 2.95. The van der Waals surface area contributed by atoms with Crippen LogP contribution in [-0.2, 0) is 32.6 Å². The van der Waals surface area contributed by atoms with Gasteiger partial charge in [-0.15, -0.1) is 0 Å². The van der Waals surface area contributed by atoms with Gasteiger partial charge in [-0.2, -0.15) is 4.31 Å². The standard InChI is InChI=1S/C32H34ClN3O4S/c1-23(2)34-32(38)30(19-24-11-5-4-6-12-24)36(21-27-15-9-10-16-29(27)33)31(37)22-35(3)41(39,40)28-18-17-25-13-7-8-14-26(25)20-28/h4-18,20,23,30H,19,21-22H2,1-3H3,(H,34,38). The number of fused-ring (bicyclic) bond motifs is 1. The molecule has 214 valence electrons. The number of likely N-dealkylation sites (N-methyl/N-ethyl adjacent to an activating group) is 1. The zero-order valence-corrected chi connectivity index (χ0v) is 24.9. The van der Waals surface area contributed by atoms with Crippen molar-refractivity contribution >= 4 is 44.2 Å². The van der Waals surface area contributed by atoms with Crippen LogP contribution in [0.15, 0.2) is 102 Å². The van der Waals surface area contributed by atoms with Gasteiger partial charge in [0, 0.05) is 31.1 Å². The predicted octanol–water partition coefficient (Wildman–Crippen LogP) is 5.28. The van der Waals surface area contributed by atoms with Crippen LogP contribution in [0, 0.1) is 0 Å². The van der Waals surface area contributed by atoms with Crippen molar-refractivity contribution in [1.82, 2.24) is 14.5 Å². The average molecular weight is 592 g/mol. The van der Waals surface area contributed by atoms with E-state index in [1.165, 1.54) is 18.0 Å². The first kappa shape index (κ1) is 30.2. The van der Waals surface area contributed by atoms with E-state index in [0.717, 1.165) is 20.6 Å². The number of nitrogens with one attached hydrogen (secondary N) is 1. The van der Waals surface area contributed by atoms with E-state index < -0.39 is 28.5 Å². The number of halogens is 1. The minimum Gasteiger partial charge on any atom is -0.352 e. The fourth-order valence-electron chi connectivity index (χ4n) is 4.62. The smallest absolute Gasteiger partial charge is 0.243 e. The first-order valence-corrected chi connectivity index (χ1v) is 15.2. The quantitative estimate of drug-likeness (QED) is 0.257. The molecule has 41 heavy (non-hydrogen) atoms. The Morgan fingerprint density at radius 1 is 0.854 bits per heavy atom. The fraction of sp³-hybridized carbons (Fsp3) is 0.250. The molecule has 2 amide bonds. The summed E-state index contributed by atoms with van der Waals surface area (Å²) in [4.78, 5) is 29.0. The summed E-state index contributed by atoms with van der Waals surface area (Å²) in [6, 6.07) is 27.8. The molecule has 0 saturated heterocycles. The molecule has 0 aliphatic carbocycles. The molecule has 0 radical (unpaired) electrons. The van der Waals surface area contributed by atoms with Gasteiger partial charge in [-0.25, -0.2) is 8.42 Å². The molecule has 0 bridgehead atoms. The van der Waals surface area contributed by atoms with Crippen LogP contribution in [0.4, 0.5) is 0 Å². The monoisotopic (exact) mass is 591 g/mol. The molecule has 1 atom stereocenters. The minimum atomic E-state index is -4.00. The molecule has 1 N–H and O–H groups in total. The highest BCUT2D eigenvalue weighted by atomic mass is 35.5. The van der Waals surface area contributed by atoms with Gasteiger partial charge in [-0.1, -0.05) is 90.5 Å². The SMILES string of the molecule is CC(C)NC(=O)C(Cc1ccccc1)N(Cc1ccccc1Cl)C(=O)CN(C)S(=O)(=O)c1ccc2ccccc2c1. The Morgan fingerprint density at radius 3 is 2.17 bits per heavy atom. The third-order valence-electron chi connectivity index (χ3n) is 6.79. The maximum atomic E-state index is 14.0. The van der Waals surface area contributed by atoms with E-state index >= 15 is 0 Å². The van der Waals surface area contributed by atoms with Crippen LogP contribution in [0.25, 0.3) is 10.8 Å². The van der Waals surface area contributed by atoms with E-state index in [4.69, 9.17) is 11.6 Å². The lowest BCUT2D eigenvalue weighted by Crippen LogP contribution is -2.54. The molecule has 4 aromatic carbocycles. The second-order valence-corrected chi connectivity index (χ2v) is 12.7. The maximum Gasteiger partial charge on any atom is 0.243 e. The highest BCUT2D eigenvalue weighted by Gasteiger charge is 2.33. The van der Waals surface area contributed by atoms with Gasteiger partial charge in [0.05, 0.1) is 11.4 Å². The summed E-state index contributed by atoms with van der Waals surface area (Å²) in [5, 5.41) is 5.07. The molecule has 7 nitrogen and oxygen atoms in total. The second kappa shape index (κ2) is 13.3. The van der Waals surface area contributed by atoms with Crippen molar-refractivity contribution in [2.24, 2.45) is 0 Å². The summed E-state index contributed by atoms with van der Waals surface area (Å²) in [7, 11) is -2.63. The zero-order chi connectivity index (χ0) is 29.6. The van der Waals surface area contributed by atoms with Gasteiger partial charge < -0.3 is 10.2 Å². The first-order valence-electron chi connectivity index (χ1n) is 13.4. The summed E-state index contributed by atoms with van der Waals surface area (Å²) < 4.78 is 28.1. The van der Waals surface area contributed by atoms with Crippen molar-refractivity contribution in [3.05, 3.63) is 113 Å². The molecule has 0 saturated carbocycles. The van der Waals surface area contributed by atoms with E-state index in [9.17, 15) is 18.0 Å². The zero-order valence-electron chi connectivity index (χ0n) is 23.3. The Labute approximate surface area is 246 Å². The number of carbonyl (C=O) groups excluding carboxylic acids is 2. The summed E-state index contributed by atoms with van der Waals surface area (Å²) >= 11 is 6.46. The lowest BCUT2D eigenvalue weighted by atomic mass is 10.0.